The van der Waals surface area contributed by atoms with Crippen LogP contribution in [0.1, 0.15) is 6.04 Å². The number of nitrogens with zero attached hydrogens (tertiary/aromatic N) is 2. The number of halogens is 1. The van der Waals surface area contributed by atoms with Gasteiger partial charge in [0.2, 0.25) is 0 Å². The second-order valence-electron chi connectivity index (χ2n) is 6.49. The van der Waals surface area contributed by atoms with Crippen LogP contribution in [0, 0.1) is 0 Å². The molecule has 0 spiro atoms. The molecule has 7 nitrogen and oxygen atoms in total. The van der Waals surface area contributed by atoms with E-state index in [0.717, 1.165) is 4.47 Å². The quantitative estimate of drug-likeness (QED) is 0.500. The number of aromatic nitrogens is 2. The van der Waals surface area contributed by atoms with E-state index in [4.69, 9.17) is 9.47 Å². The Morgan fingerprint density at radius 2 is 1.83 bits per heavy atom. The van der Waals surface area contributed by atoms with Crippen LogP contribution in [-0.2, 0) is 9.84 Å². The highest BCUT2D eigenvalue weighted by atomic mass is 79.9. The minimum absolute atomic E-state index is 0.172. The number of fused-ring (bicyclic) bond motifs is 2. The normalized spacial score (nSPS) is 16.0. The lowest BCUT2D eigenvalue weighted by atomic mass is 10.2. The molecule has 0 saturated heterocycles. The van der Waals surface area contributed by atoms with E-state index in [1.165, 1.54) is 30.5 Å². The van der Waals surface area contributed by atoms with Crippen LogP contribution in [-0.4, -0.2) is 43.7 Å². The molecular weight excluding hydrogens is 480 g/mol. The summed E-state index contributed by atoms with van der Waals surface area (Å²) in [5.41, 5.74) is 0.203. The fourth-order valence-electron chi connectivity index (χ4n) is 3.29. The summed E-state index contributed by atoms with van der Waals surface area (Å²) >= 11 is 4.68. The Labute approximate surface area is 180 Å². The SMILES string of the molecule is COc1cc2nc3n(c(=O)c2cc1OC)[C@H](CS(=O)(=O)c1ccc(Br)cc1)CS3. The first-order valence-corrected chi connectivity index (χ1v) is 12.1. The number of hydrogen-bond donors (Lipinski definition) is 0. The number of hydrogen-bond acceptors (Lipinski definition) is 7. The van der Waals surface area contributed by atoms with E-state index in [1.807, 2.05) is 0 Å². The smallest absolute Gasteiger partial charge is 0.262 e. The second-order valence-corrected chi connectivity index (χ2v) is 10.4. The van der Waals surface area contributed by atoms with E-state index in [9.17, 15) is 13.2 Å². The van der Waals surface area contributed by atoms with Crippen molar-refractivity contribution in [2.75, 3.05) is 25.7 Å². The Hall–Kier alpha value is -2.04. The number of thioether (sulfide) groups is 1. The first-order chi connectivity index (χ1) is 13.8. The summed E-state index contributed by atoms with van der Waals surface area (Å²) in [5.74, 6) is 1.19. The Morgan fingerprint density at radius 3 is 2.48 bits per heavy atom. The average molecular weight is 497 g/mol. The predicted octanol–water partition coefficient (Wildman–Crippen LogP) is 3.30. The molecular formula is C19H17BrN2O5S2. The Kier molecular flexibility index (Phi) is 5.34. The summed E-state index contributed by atoms with van der Waals surface area (Å²) in [7, 11) is -0.556. The van der Waals surface area contributed by atoms with Gasteiger partial charge in [0, 0.05) is 16.3 Å². The summed E-state index contributed by atoms with van der Waals surface area (Å²) in [6.45, 7) is 0. The van der Waals surface area contributed by atoms with E-state index in [2.05, 4.69) is 20.9 Å². The van der Waals surface area contributed by atoms with Gasteiger partial charge in [0.25, 0.3) is 5.56 Å². The molecule has 0 bridgehead atoms. The van der Waals surface area contributed by atoms with Crippen molar-refractivity contribution < 1.29 is 17.9 Å². The van der Waals surface area contributed by atoms with E-state index in [1.54, 1.807) is 36.4 Å². The van der Waals surface area contributed by atoms with Crippen LogP contribution in [0.3, 0.4) is 0 Å². The second kappa shape index (κ2) is 7.66. The van der Waals surface area contributed by atoms with Gasteiger partial charge in [-0.1, -0.05) is 27.7 Å². The molecule has 0 amide bonds. The number of rotatable bonds is 5. The fraction of sp³-hybridized carbons (Fsp3) is 0.263. The third-order valence-electron chi connectivity index (χ3n) is 4.73. The molecule has 2 heterocycles. The lowest BCUT2D eigenvalue weighted by molar-refractivity contribution is 0.355. The minimum atomic E-state index is -3.56. The van der Waals surface area contributed by atoms with Gasteiger partial charge in [-0.05, 0) is 30.3 Å². The van der Waals surface area contributed by atoms with Crippen molar-refractivity contribution in [2.24, 2.45) is 0 Å². The van der Waals surface area contributed by atoms with Gasteiger partial charge in [0.15, 0.2) is 26.5 Å². The van der Waals surface area contributed by atoms with E-state index in [-0.39, 0.29) is 16.2 Å². The Morgan fingerprint density at radius 1 is 1.17 bits per heavy atom. The maximum Gasteiger partial charge on any atom is 0.262 e. The molecule has 10 heteroatoms. The van der Waals surface area contributed by atoms with Gasteiger partial charge in [-0.15, -0.1) is 0 Å². The molecule has 1 aliphatic heterocycles. The minimum Gasteiger partial charge on any atom is -0.493 e. The van der Waals surface area contributed by atoms with Crippen LogP contribution >= 0.6 is 27.7 Å². The van der Waals surface area contributed by atoms with E-state index < -0.39 is 15.9 Å². The zero-order valence-electron chi connectivity index (χ0n) is 15.6. The molecule has 152 valence electrons. The van der Waals surface area contributed by atoms with Crippen molar-refractivity contribution in [3.05, 3.63) is 51.2 Å². The maximum absolute atomic E-state index is 13.2. The largest absolute Gasteiger partial charge is 0.493 e. The number of sulfone groups is 1. The molecule has 0 unspecified atom stereocenters. The highest BCUT2D eigenvalue weighted by Crippen LogP contribution is 2.36. The van der Waals surface area contributed by atoms with Gasteiger partial charge in [-0.2, -0.15) is 0 Å². The van der Waals surface area contributed by atoms with Crippen LogP contribution < -0.4 is 15.0 Å². The summed E-state index contributed by atoms with van der Waals surface area (Å²) in [4.78, 5) is 18.0. The molecule has 3 aromatic rings. The molecule has 29 heavy (non-hydrogen) atoms. The Bertz CT molecular complexity index is 1260. The van der Waals surface area contributed by atoms with Gasteiger partial charge in [-0.25, -0.2) is 13.4 Å². The number of ether oxygens (including phenoxy) is 2. The monoisotopic (exact) mass is 496 g/mol. The first-order valence-electron chi connectivity index (χ1n) is 8.63. The summed E-state index contributed by atoms with van der Waals surface area (Å²) in [5, 5.41) is 0.866. The first kappa shape index (κ1) is 20.2. The van der Waals surface area contributed by atoms with Crippen molar-refractivity contribution in [3.63, 3.8) is 0 Å². The topological polar surface area (TPSA) is 87.5 Å². The standard InChI is InChI=1S/C19H17BrN2O5S2/c1-26-16-7-14-15(8-17(16)27-2)21-19-22(18(14)23)12(9-28-19)10-29(24,25)13-5-3-11(20)4-6-13/h3-8,12H,9-10H2,1-2H3/t12-/m0/s1. The van der Waals surface area contributed by atoms with Crippen molar-refractivity contribution in [1.82, 2.24) is 9.55 Å². The van der Waals surface area contributed by atoms with Crippen LogP contribution in [0.25, 0.3) is 10.9 Å². The fourth-order valence-corrected chi connectivity index (χ4v) is 6.36. The van der Waals surface area contributed by atoms with Crippen molar-refractivity contribution in [3.8, 4) is 11.5 Å². The van der Waals surface area contributed by atoms with Crippen LogP contribution in [0.4, 0.5) is 0 Å². The zero-order chi connectivity index (χ0) is 20.8. The summed E-state index contributed by atoms with van der Waals surface area (Å²) in [6, 6.07) is 9.22. The van der Waals surface area contributed by atoms with E-state index >= 15 is 0 Å². The average Bonchev–Trinajstić information content (AvgIpc) is 3.09. The molecule has 0 fully saturated rings. The predicted molar refractivity (Wildman–Crippen MR) is 115 cm³/mol. The van der Waals surface area contributed by atoms with Gasteiger partial charge in [0.1, 0.15) is 0 Å². The lowest BCUT2D eigenvalue weighted by Crippen LogP contribution is -2.29. The third kappa shape index (κ3) is 3.64. The van der Waals surface area contributed by atoms with Gasteiger partial charge in [0.05, 0.1) is 41.8 Å². The van der Waals surface area contributed by atoms with Gasteiger partial charge in [-0.3, -0.25) is 9.36 Å². The molecule has 0 radical (unpaired) electrons. The Balaban J connectivity index is 1.77. The number of benzene rings is 2. The molecule has 2 aromatic carbocycles. The summed E-state index contributed by atoms with van der Waals surface area (Å²) in [6.07, 6.45) is 0. The molecule has 1 aliphatic rings. The lowest BCUT2D eigenvalue weighted by Gasteiger charge is -2.15. The van der Waals surface area contributed by atoms with Gasteiger partial charge >= 0.3 is 0 Å². The molecule has 0 saturated carbocycles. The van der Waals surface area contributed by atoms with Crippen LogP contribution in [0.15, 0.2) is 55.7 Å². The molecule has 0 N–H and O–H groups in total. The van der Waals surface area contributed by atoms with Gasteiger partial charge < -0.3 is 9.47 Å². The molecule has 0 aliphatic carbocycles. The van der Waals surface area contributed by atoms with Crippen molar-refractivity contribution in [1.29, 1.82) is 0 Å². The molecule has 4 rings (SSSR count). The number of methoxy groups -OCH3 is 2. The maximum atomic E-state index is 13.2. The highest BCUT2D eigenvalue weighted by molar-refractivity contribution is 9.10. The zero-order valence-corrected chi connectivity index (χ0v) is 18.8. The van der Waals surface area contributed by atoms with Crippen LogP contribution in [0.2, 0.25) is 0 Å². The molecule has 1 aromatic heterocycles. The van der Waals surface area contributed by atoms with Crippen LogP contribution in [0.5, 0.6) is 11.5 Å². The van der Waals surface area contributed by atoms with E-state index in [0.29, 0.717) is 33.3 Å². The molecule has 1 atom stereocenters. The van der Waals surface area contributed by atoms with Crippen molar-refractivity contribution in [2.45, 2.75) is 16.1 Å². The highest BCUT2D eigenvalue weighted by Gasteiger charge is 2.31. The summed E-state index contributed by atoms with van der Waals surface area (Å²) < 4.78 is 38.6. The third-order valence-corrected chi connectivity index (χ3v) is 8.17. The van der Waals surface area contributed by atoms with Crippen molar-refractivity contribution >= 4 is 48.4 Å².